The molecule has 1 aliphatic carbocycles. The summed E-state index contributed by atoms with van der Waals surface area (Å²) in [6.07, 6.45) is 3.37. The minimum Gasteiger partial charge on any atom is -0.326 e. The second-order valence-corrected chi connectivity index (χ2v) is 7.50. The topological polar surface area (TPSA) is 66.5 Å². The molecule has 0 saturated heterocycles. The van der Waals surface area contributed by atoms with Gasteiger partial charge in [-0.2, -0.15) is 0 Å². The van der Waals surface area contributed by atoms with E-state index in [2.05, 4.69) is 27.3 Å². The fraction of sp³-hybridized carbons (Fsp3) is 0.250. The zero-order valence-corrected chi connectivity index (χ0v) is 15.6. The maximum absolute atomic E-state index is 12.4. The number of amides is 3. The lowest BCUT2D eigenvalue weighted by Gasteiger charge is -2.14. The molecule has 0 spiro atoms. The third kappa shape index (κ3) is 3.05. The highest BCUT2D eigenvalue weighted by Gasteiger charge is 2.35. The molecule has 3 amide bonds. The van der Waals surface area contributed by atoms with E-state index in [-0.39, 0.29) is 30.7 Å². The SMILES string of the molecule is O=C(CCN1C(=O)c2ccc(Br)cc2C1=O)Nc1ccc2c(c1)CCC2. The second kappa shape index (κ2) is 6.68. The Balaban J connectivity index is 1.39. The summed E-state index contributed by atoms with van der Waals surface area (Å²) in [5.74, 6) is -0.903. The maximum Gasteiger partial charge on any atom is 0.261 e. The fourth-order valence-electron chi connectivity index (χ4n) is 3.55. The molecule has 26 heavy (non-hydrogen) atoms. The lowest BCUT2D eigenvalue weighted by molar-refractivity contribution is -0.116. The highest BCUT2D eigenvalue weighted by atomic mass is 79.9. The Hall–Kier alpha value is -2.47. The molecule has 0 fully saturated rings. The molecule has 1 heterocycles. The number of carbonyl (C=O) groups excluding carboxylic acids is 3. The van der Waals surface area contributed by atoms with Crippen LogP contribution in [-0.2, 0) is 17.6 Å². The normalized spacial score (nSPS) is 15.2. The van der Waals surface area contributed by atoms with Gasteiger partial charge in [-0.25, -0.2) is 0 Å². The minimum absolute atomic E-state index is 0.0702. The van der Waals surface area contributed by atoms with Crippen LogP contribution in [0.15, 0.2) is 40.9 Å². The number of fused-ring (bicyclic) bond motifs is 2. The molecule has 2 aromatic rings. The van der Waals surface area contributed by atoms with E-state index in [1.165, 1.54) is 11.1 Å². The number of hydrogen-bond acceptors (Lipinski definition) is 3. The molecule has 0 aromatic heterocycles. The standard InChI is InChI=1S/C20H17BrN2O3/c21-14-5-7-16-17(11-14)20(26)23(19(16)25)9-8-18(24)22-15-6-4-12-2-1-3-13(12)10-15/h4-7,10-11H,1-3,8-9H2,(H,22,24). The number of anilines is 1. The highest BCUT2D eigenvalue weighted by molar-refractivity contribution is 9.10. The Morgan fingerprint density at radius 2 is 1.77 bits per heavy atom. The number of halogens is 1. The number of imide groups is 1. The summed E-state index contributed by atoms with van der Waals surface area (Å²) in [5.41, 5.74) is 4.16. The van der Waals surface area contributed by atoms with Gasteiger partial charge in [0.2, 0.25) is 5.91 Å². The van der Waals surface area contributed by atoms with Crippen LogP contribution < -0.4 is 5.32 Å². The van der Waals surface area contributed by atoms with Gasteiger partial charge in [0.25, 0.3) is 11.8 Å². The van der Waals surface area contributed by atoms with Crippen molar-refractivity contribution in [1.82, 2.24) is 4.90 Å². The first-order valence-corrected chi connectivity index (χ1v) is 9.39. The number of nitrogens with zero attached hydrogens (tertiary/aromatic N) is 1. The predicted molar refractivity (Wildman–Crippen MR) is 101 cm³/mol. The molecule has 2 aliphatic rings. The highest BCUT2D eigenvalue weighted by Crippen LogP contribution is 2.27. The van der Waals surface area contributed by atoms with Gasteiger partial charge in [0.1, 0.15) is 0 Å². The van der Waals surface area contributed by atoms with Crippen molar-refractivity contribution in [3.05, 3.63) is 63.1 Å². The van der Waals surface area contributed by atoms with E-state index < -0.39 is 0 Å². The Morgan fingerprint density at radius 3 is 2.62 bits per heavy atom. The summed E-state index contributed by atoms with van der Waals surface area (Å²) < 4.78 is 0.744. The summed E-state index contributed by atoms with van der Waals surface area (Å²) >= 11 is 3.31. The molecular formula is C20H17BrN2O3. The molecule has 4 rings (SSSR count). The Kier molecular flexibility index (Phi) is 4.36. The molecule has 132 valence electrons. The summed E-state index contributed by atoms with van der Waals surface area (Å²) in [7, 11) is 0. The second-order valence-electron chi connectivity index (χ2n) is 6.59. The van der Waals surface area contributed by atoms with Crippen LogP contribution >= 0.6 is 15.9 Å². The van der Waals surface area contributed by atoms with E-state index in [1.807, 2.05) is 12.1 Å². The number of benzene rings is 2. The van der Waals surface area contributed by atoms with Crippen molar-refractivity contribution in [1.29, 1.82) is 0 Å². The first-order chi connectivity index (χ1) is 12.5. The lowest BCUT2D eigenvalue weighted by Crippen LogP contribution is -2.32. The van der Waals surface area contributed by atoms with Gasteiger partial charge in [-0.15, -0.1) is 0 Å². The van der Waals surface area contributed by atoms with Crippen molar-refractivity contribution in [2.24, 2.45) is 0 Å². The molecule has 1 N–H and O–H groups in total. The van der Waals surface area contributed by atoms with Crippen molar-refractivity contribution in [2.75, 3.05) is 11.9 Å². The minimum atomic E-state index is -0.350. The van der Waals surface area contributed by atoms with Crippen molar-refractivity contribution in [2.45, 2.75) is 25.7 Å². The fourth-order valence-corrected chi connectivity index (χ4v) is 3.91. The molecule has 0 saturated carbocycles. The van der Waals surface area contributed by atoms with Crippen LogP contribution in [-0.4, -0.2) is 29.2 Å². The Bertz CT molecular complexity index is 939. The molecular weight excluding hydrogens is 396 g/mol. The van der Waals surface area contributed by atoms with E-state index in [0.717, 1.165) is 34.3 Å². The van der Waals surface area contributed by atoms with Crippen LogP contribution in [0.4, 0.5) is 5.69 Å². The first kappa shape index (κ1) is 17.0. The molecule has 0 radical (unpaired) electrons. The van der Waals surface area contributed by atoms with Gasteiger partial charge in [0, 0.05) is 23.1 Å². The Labute approximate surface area is 159 Å². The molecule has 0 bridgehead atoms. The van der Waals surface area contributed by atoms with Crippen LogP contribution in [0.25, 0.3) is 0 Å². The van der Waals surface area contributed by atoms with Crippen LogP contribution in [0.5, 0.6) is 0 Å². The van der Waals surface area contributed by atoms with Crippen LogP contribution in [0.2, 0.25) is 0 Å². The predicted octanol–water partition coefficient (Wildman–Crippen LogP) is 3.56. The van der Waals surface area contributed by atoms with Crippen LogP contribution in [0, 0.1) is 0 Å². The molecule has 6 heteroatoms. The van der Waals surface area contributed by atoms with E-state index in [0.29, 0.717) is 11.1 Å². The van der Waals surface area contributed by atoms with Crippen LogP contribution in [0.3, 0.4) is 0 Å². The Morgan fingerprint density at radius 1 is 1.00 bits per heavy atom. The van der Waals surface area contributed by atoms with E-state index in [9.17, 15) is 14.4 Å². The molecule has 2 aromatic carbocycles. The van der Waals surface area contributed by atoms with Crippen molar-refractivity contribution >= 4 is 39.3 Å². The summed E-state index contributed by atoms with van der Waals surface area (Å²) in [6.45, 7) is 0.0702. The smallest absolute Gasteiger partial charge is 0.261 e. The summed E-state index contributed by atoms with van der Waals surface area (Å²) in [5, 5.41) is 2.86. The van der Waals surface area contributed by atoms with E-state index in [4.69, 9.17) is 0 Å². The number of hydrogen-bond donors (Lipinski definition) is 1. The van der Waals surface area contributed by atoms with Gasteiger partial charge in [0.15, 0.2) is 0 Å². The van der Waals surface area contributed by atoms with Crippen molar-refractivity contribution < 1.29 is 14.4 Å². The molecule has 0 atom stereocenters. The number of rotatable bonds is 4. The zero-order valence-electron chi connectivity index (χ0n) is 14.0. The van der Waals surface area contributed by atoms with Gasteiger partial charge in [-0.05, 0) is 60.7 Å². The zero-order chi connectivity index (χ0) is 18.3. The molecule has 0 unspecified atom stereocenters. The van der Waals surface area contributed by atoms with Gasteiger partial charge >= 0.3 is 0 Å². The number of nitrogens with one attached hydrogen (secondary N) is 1. The van der Waals surface area contributed by atoms with Crippen LogP contribution in [0.1, 0.15) is 44.7 Å². The number of aryl methyl sites for hydroxylation is 2. The third-order valence-corrected chi connectivity index (χ3v) is 5.37. The van der Waals surface area contributed by atoms with E-state index >= 15 is 0 Å². The monoisotopic (exact) mass is 412 g/mol. The maximum atomic E-state index is 12.4. The lowest BCUT2D eigenvalue weighted by atomic mass is 10.1. The van der Waals surface area contributed by atoms with Gasteiger partial charge in [-0.1, -0.05) is 22.0 Å². The average molecular weight is 413 g/mol. The van der Waals surface area contributed by atoms with Gasteiger partial charge in [-0.3, -0.25) is 19.3 Å². The van der Waals surface area contributed by atoms with Crippen molar-refractivity contribution in [3.8, 4) is 0 Å². The number of carbonyl (C=O) groups is 3. The average Bonchev–Trinajstić information content (AvgIpc) is 3.17. The van der Waals surface area contributed by atoms with Gasteiger partial charge in [0.05, 0.1) is 11.1 Å². The summed E-state index contributed by atoms with van der Waals surface area (Å²) in [6, 6.07) is 11.0. The third-order valence-electron chi connectivity index (χ3n) is 4.88. The largest absolute Gasteiger partial charge is 0.326 e. The molecule has 1 aliphatic heterocycles. The summed E-state index contributed by atoms with van der Waals surface area (Å²) in [4.78, 5) is 38.2. The molecule has 5 nitrogen and oxygen atoms in total. The quantitative estimate of drug-likeness (QED) is 0.780. The van der Waals surface area contributed by atoms with Crippen molar-refractivity contribution in [3.63, 3.8) is 0 Å². The van der Waals surface area contributed by atoms with Gasteiger partial charge < -0.3 is 5.32 Å². The van der Waals surface area contributed by atoms with E-state index in [1.54, 1.807) is 18.2 Å². The first-order valence-electron chi connectivity index (χ1n) is 8.60.